The van der Waals surface area contributed by atoms with Gasteiger partial charge in [0, 0.05) is 15.5 Å². The summed E-state index contributed by atoms with van der Waals surface area (Å²) in [5, 5.41) is 22.5. The number of benzene rings is 1. The minimum absolute atomic E-state index is 0.0719. The Morgan fingerprint density at radius 1 is 1.45 bits per heavy atom. The third kappa shape index (κ3) is 4.53. The average Bonchev–Trinajstić information content (AvgIpc) is 3.27. The van der Waals surface area contributed by atoms with Crippen molar-refractivity contribution in [2.75, 3.05) is 16.9 Å². The number of nitrogens with two attached hydrogens (primary N) is 1. The molecule has 2 aromatic heterocycles. The lowest BCUT2D eigenvalue weighted by Gasteiger charge is -2.17. The van der Waals surface area contributed by atoms with Gasteiger partial charge < -0.3 is 11.2 Å². The number of thiophene rings is 1. The van der Waals surface area contributed by atoms with E-state index in [9.17, 15) is 10.1 Å². The lowest BCUT2D eigenvalue weighted by Crippen LogP contribution is -2.16. The molecule has 1 amide bonds. The summed E-state index contributed by atoms with van der Waals surface area (Å²) in [6.45, 7) is 2.21. The summed E-state index contributed by atoms with van der Waals surface area (Å²) in [6.07, 6.45) is 2.89. The summed E-state index contributed by atoms with van der Waals surface area (Å²) in [7, 11) is 0. The van der Waals surface area contributed by atoms with Crippen LogP contribution in [-0.4, -0.2) is 26.5 Å². The van der Waals surface area contributed by atoms with E-state index in [1.54, 1.807) is 18.2 Å². The molecule has 4 rings (SSSR count). The number of carbonyl (C=O) groups excluding carboxylic acids is 1. The van der Waals surface area contributed by atoms with Crippen LogP contribution in [0, 0.1) is 17.2 Å². The molecule has 11 heteroatoms. The number of hydrogen-bond donors (Lipinski definition) is 2. The molecule has 160 valence electrons. The maximum atomic E-state index is 12.5. The Morgan fingerprint density at radius 2 is 2.26 bits per heavy atom. The molecule has 0 saturated heterocycles. The highest BCUT2D eigenvalue weighted by atomic mass is 35.5. The van der Waals surface area contributed by atoms with Crippen LogP contribution in [0.2, 0.25) is 10.0 Å². The summed E-state index contributed by atoms with van der Waals surface area (Å²) in [5.74, 6) is 6.89. The van der Waals surface area contributed by atoms with Gasteiger partial charge in [0.1, 0.15) is 11.1 Å². The largest absolute Gasteiger partial charge is 0.335 e. The maximum absolute atomic E-state index is 12.5. The van der Waals surface area contributed by atoms with E-state index in [0.717, 1.165) is 36.6 Å². The number of rotatable bonds is 5. The Labute approximate surface area is 197 Å². The number of hydrogen-bond acceptors (Lipinski definition) is 7. The molecular weight excluding hydrogens is 475 g/mol. The molecule has 1 aliphatic rings. The van der Waals surface area contributed by atoms with Gasteiger partial charge in [-0.1, -0.05) is 41.9 Å². The minimum atomic E-state index is -0.238. The summed E-state index contributed by atoms with van der Waals surface area (Å²) in [6, 6.07) is 7.24. The predicted octanol–water partition coefficient (Wildman–Crippen LogP) is 4.75. The van der Waals surface area contributed by atoms with Crippen molar-refractivity contribution in [2.45, 2.75) is 31.3 Å². The molecule has 1 aromatic carbocycles. The van der Waals surface area contributed by atoms with Gasteiger partial charge in [-0.2, -0.15) is 5.26 Å². The third-order valence-corrected chi connectivity index (χ3v) is 7.72. The maximum Gasteiger partial charge on any atom is 0.235 e. The highest BCUT2D eigenvalue weighted by Gasteiger charge is 2.25. The fraction of sp³-hybridized carbons (Fsp3) is 0.300. The van der Waals surface area contributed by atoms with Crippen molar-refractivity contribution in [3.8, 4) is 17.5 Å². The Hall–Kier alpha value is -2.25. The number of nitrogens with one attached hydrogen (secondary N) is 1. The Kier molecular flexibility index (Phi) is 6.44. The van der Waals surface area contributed by atoms with Crippen LogP contribution in [0.1, 0.15) is 29.3 Å². The van der Waals surface area contributed by atoms with Crippen LogP contribution in [0.3, 0.4) is 0 Å². The number of halogens is 2. The first-order valence-corrected chi connectivity index (χ1v) is 12.1. The molecule has 31 heavy (non-hydrogen) atoms. The van der Waals surface area contributed by atoms with Crippen molar-refractivity contribution < 1.29 is 4.79 Å². The smallest absolute Gasteiger partial charge is 0.235 e. The minimum Gasteiger partial charge on any atom is -0.335 e. The SMILES string of the molecule is CC1CCc2c(sc(NC(=O)CSc3nnc(-c4cc(Cl)ccc4Cl)n3N)c2C#N)C1. The summed E-state index contributed by atoms with van der Waals surface area (Å²) >= 11 is 14.9. The van der Waals surface area contributed by atoms with Crippen molar-refractivity contribution in [2.24, 2.45) is 5.92 Å². The fourth-order valence-corrected chi connectivity index (χ4v) is 5.89. The first kappa shape index (κ1) is 22.0. The van der Waals surface area contributed by atoms with Crippen LogP contribution in [0.15, 0.2) is 23.4 Å². The zero-order valence-electron chi connectivity index (χ0n) is 16.5. The molecular formula is C20H18Cl2N6OS2. The molecule has 2 heterocycles. The number of nitrogens with zero attached hydrogens (tertiary/aromatic N) is 4. The number of thioether (sulfide) groups is 1. The van der Waals surface area contributed by atoms with Crippen molar-refractivity contribution in [1.82, 2.24) is 14.9 Å². The standard InChI is InChI=1S/C20H18Cl2N6OS2/c1-10-2-4-12-14(8-23)19(31-16(12)6-10)25-17(29)9-30-20-27-26-18(28(20)24)13-7-11(21)3-5-15(13)22/h3,5,7,10H,2,4,6,9,24H2,1H3,(H,25,29). The van der Waals surface area contributed by atoms with E-state index in [2.05, 4.69) is 28.5 Å². The topological polar surface area (TPSA) is 110 Å². The van der Waals surface area contributed by atoms with E-state index in [4.69, 9.17) is 29.0 Å². The Morgan fingerprint density at radius 3 is 3.03 bits per heavy atom. The molecule has 7 nitrogen and oxygen atoms in total. The van der Waals surface area contributed by atoms with Gasteiger partial charge in [-0.05, 0) is 48.9 Å². The number of anilines is 1. The second kappa shape index (κ2) is 9.09. The average molecular weight is 493 g/mol. The summed E-state index contributed by atoms with van der Waals surface area (Å²) in [4.78, 5) is 13.7. The predicted molar refractivity (Wildman–Crippen MR) is 125 cm³/mol. The normalized spacial score (nSPS) is 15.4. The van der Waals surface area contributed by atoms with Gasteiger partial charge in [-0.3, -0.25) is 4.79 Å². The van der Waals surface area contributed by atoms with Crippen LogP contribution in [0.5, 0.6) is 0 Å². The molecule has 3 N–H and O–H groups in total. The van der Waals surface area contributed by atoms with Gasteiger partial charge in [0.05, 0.1) is 16.3 Å². The second-order valence-corrected chi connectivity index (χ2v) is 10.2. The number of amides is 1. The van der Waals surface area contributed by atoms with Gasteiger partial charge >= 0.3 is 0 Å². The van der Waals surface area contributed by atoms with Gasteiger partial charge in [0.25, 0.3) is 0 Å². The van der Waals surface area contributed by atoms with Gasteiger partial charge in [0.2, 0.25) is 11.1 Å². The molecule has 0 bridgehead atoms. The highest BCUT2D eigenvalue weighted by Crippen LogP contribution is 2.39. The number of nitriles is 1. The van der Waals surface area contributed by atoms with E-state index in [1.165, 1.54) is 20.9 Å². The van der Waals surface area contributed by atoms with Crippen LogP contribution in [-0.2, 0) is 17.6 Å². The van der Waals surface area contributed by atoms with Crippen molar-refractivity contribution in [1.29, 1.82) is 5.26 Å². The molecule has 0 aliphatic heterocycles. The number of fused-ring (bicyclic) bond motifs is 1. The molecule has 1 atom stereocenters. The van der Waals surface area contributed by atoms with Crippen LogP contribution in [0.25, 0.3) is 11.4 Å². The van der Waals surface area contributed by atoms with E-state index >= 15 is 0 Å². The molecule has 3 aromatic rings. The zero-order chi connectivity index (χ0) is 22.1. The van der Waals surface area contributed by atoms with Crippen molar-refractivity contribution >= 4 is 57.2 Å². The molecule has 0 saturated carbocycles. The number of aromatic nitrogens is 3. The molecule has 0 spiro atoms. The molecule has 1 aliphatic carbocycles. The fourth-order valence-electron chi connectivity index (χ4n) is 3.48. The lowest BCUT2D eigenvalue weighted by atomic mass is 9.89. The van der Waals surface area contributed by atoms with Crippen LogP contribution >= 0.6 is 46.3 Å². The molecule has 1 unspecified atom stereocenters. The zero-order valence-corrected chi connectivity index (χ0v) is 19.6. The quantitative estimate of drug-likeness (QED) is 0.392. The summed E-state index contributed by atoms with van der Waals surface area (Å²) in [5.41, 5.74) is 2.22. The Balaban J connectivity index is 1.45. The Bertz CT molecular complexity index is 1200. The van der Waals surface area contributed by atoms with E-state index in [-0.39, 0.29) is 11.7 Å². The van der Waals surface area contributed by atoms with Gasteiger partial charge in [-0.25, -0.2) is 4.68 Å². The van der Waals surface area contributed by atoms with Gasteiger partial charge in [0.15, 0.2) is 5.82 Å². The second-order valence-electron chi connectivity index (χ2n) is 7.30. The van der Waals surface area contributed by atoms with Crippen LogP contribution in [0.4, 0.5) is 5.00 Å². The van der Waals surface area contributed by atoms with Crippen molar-refractivity contribution in [3.63, 3.8) is 0 Å². The van der Waals surface area contributed by atoms with E-state index in [1.807, 2.05) is 0 Å². The summed E-state index contributed by atoms with van der Waals surface area (Å²) < 4.78 is 1.28. The number of nitrogen functional groups attached to an aromatic ring is 1. The monoisotopic (exact) mass is 492 g/mol. The highest BCUT2D eigenvalue weighted by molar-refractivity contribution is 7.99. The van der Waals surface area contributed by atoms with Crippen LogP contribution < -0.4 is 11.2 Å². The first-order valence-electron chi connectivity index (χ1n) is 9.50. The third-order valence-electron chi connectivity index (χ3n) is 5.04. The lowest BCUT2D eigenvalue weighted by molar-refractivity contribution is -0.113. The molecule has 0 radical (unpaired) electrons. The number of carbonyl (C=O) groups is 1. The van der Waals surface area contributed by atoms with E-state index < -0.39 is 0 Å². The van der Waals surface area contributed by atoms with Crippen molar-refractivity contribution in [3.05, 3.63) is 44.2 Å². The van der Waals surface area contributed by atoms with Gasteiger partial charge in [-0.15, -0.1) is 21.5 Å². The van der Waals surface area contributed by atoms with E-state index in [0.29, 0.717) is 43.1 Å². The molecule has 0 fully saturated rings. The first-order chi connectivity index (χ1) is 14.9.